The van der Waals surface area contributed by atoms with Gasteiger partial charge in [-0.2, -0.15) is 0 Å². The molecule has 0 atom stereocenters. The Morgan fingerprint density at radius 3 is 2.61 bits per heavy atom. The molecule has 0 heterocycles. The Balaban J connectivity index is 2.59. The van der Waals surface area contributed by atoms with Gasteiger partial charge in [-0.05, 0) is 30.7 Å². The van der Waals surface area contributed by atoms with E-state index in [-0.39, 0.29) is 5.91 Å². The highest BCUT2D eigenvalue weighted by molar-refractivity contribution is 5.91. The van der Waals surface area contributed by atoms with Crippen LogP contribution in [0.5, 0.6) is 0 Å². The van der Waals surface area contributed by atoms with Gasteiger partial charge in [0, 0.05) is 32.0 Å². The lowest BCUT2D eigenvalue weighted by Gasteiger charge is -2.18. The second-order valence-electron chi connectivity index (χ2n) is 3.91. The van der Waals surface area contributed by atoms with Crippen molar-refractivity contribution < 1.29 is 9.53 Å². The minimum Gasteiger partial charge on any atom is -0.399 e. The van der Waals surface area contributed by atoms with Crippen LogP contribution in [-0.4, -0.2) is 37.6 Å². The second kappa shape index (κ2) is 7.50. The van der Waals surface area contributed by atoms with E-state index in [1.807, 2.05) is 31.2 Å². The summed E-state index contributed by atoms with van der Waals surface area (Å²) in [6.07, 6.45) is 3.36. The van der Waals surface area contributed by atoms with E-state index < -0.39 is 0 Å². The summed E-state index contributed by atoms with van der Waals surface area (Å²) in [6.45, 7) is 3.78. The van der Waals surface area contributed by atoms with Gasteiger partial charge < -0.3 is 15.4 Å². The van der Waals surface area contributed by atoms with Crippen molar-refractivity contribution in [2.45, 2.75) is 6.92 Å². The summed E-state index contributed by atoms with van der Waals surface area (Å²) in [5.41, 5.74) is 7.27. The fourth-order valence-electron chi connectivity index (χ4n) is 1.51. The summed E-state index contributed by atoms with van der Waals surface area (Å²) >= 11 is 0. The number of amides is 1. The summed E-state index contributed by atoms with van der Waals surface area (Å²) in [5.74, 6) is -0.00799. The molecule has 4 nitrogen and oxygen atoms in total. The first kappa shape index (κ1) is 14.3. The molecule has 4 heteroatoms. The van der Waals surface area contributed by atoms with Gasteiger partial charge in [-0.15, -0.1) is 0 Å². The summed E-state index contributed by atoms with van der Waals surface area (Å²) in [4.78, 5) is 13.6. The largest absolute Gasteiger partial charge is 0.399 e. The van der Waals surface area contributed by atoms with Gasteiger partial charge in [0.25, 0.3) is 0 Å². The predicted molar refractivity (Wildman–Crippen MR) is 74.0 cm³/mol. The van der Waals surface area contributed by atoms with Gasteiger partial charge in [-0.1, -0.05) is 12.1 Å². The highest BCUT2D eigenvalue weighted by Gasteiger charge is 2.06. The van der Waals surface area contributed by atoms with Crippen LogP contribution in [-0.2, 0) is 9.53 Å². The van der Waals surface area contributed by atoms with Crippen LogP contribution in [0, 0.1) is 0 Å². The van der Waals surface area contributed by atoms with Crippen LogP contribution in [0.2, 0.25) is 0 Å². The number of rotatable bonds is 6. The lowest BCUT2D eigenvalue weighted by atomic mass is 10.2. The van der Waals surface area contributed by atoms with E-state index in [0.717, 1.165) is 5.56 Å². The maximum Gasteiger partial charge on any atom is 0.246 e. The third-order valence-electron chi connectivity index (χ3n) is 2.61. The fourth-order valence-corrected chi connectivity index (χ4v) is 1.51. The number of nitrogens with two attached hydrogens (primary N) is 1. The van der Waals surface area contributed by atoms with Crippen molar-refractivity contribution in [1.29, 1.82) is 0 Å². The SMILES string of the molecule is CCN(CCOC)C(=O)/C=C/c1ccc(N)cc1. The van der Waals surface area contributed by atoms with Gasteiger partial charge in [0.1, 0.15) is 0 Å². The first-order chi connectivity index (χ1) is 8.67. The molecule has 0 fully saturated rings. The maximum absolute atomic E-state index is 11.9. The van der Waals surface area contributed by atoms with E-state index in [1.54, 1.807) is 24.2 Å². The van der Waals surface area contributed by atoms with Crippen LogP contribution in [0.3, 0.4) is 0 Å². The average molecular weight is 248 g/mol. The number of benzene rings is 1. The number of anilines is 1. The van der Waals surface area contributed by atoms with Crippen molar-refractivity contribution in [2.24, 2.45) is 0 Å². The highest BCUT2D eigenvalue weighted by Crippen LogP contribution is 2.07. The Morgan fingerprint density at radius 1 is 1.39 bits per heavy atom. The van der Waals surface area contributed by atoms with E-state index in [9.17, 15) is 4.79 Å². The molecular formula is C14H20N2O2. The topological polar surface area (TPSA) is 55.6 Å². The van der Waals surface area contributed by atoms with Crippen molar-refractivity contribution in [3.63, 3.8) is 0 Å². The van der Waals surface area contributed by atoms with E-state index in [2.05, 4.69) is 0 Å². The molecule has 18 heavy (non-hydrogen) atoms. The predicted octanol–water partition coefficient (Wildman–Crippen LogP) is 1.78. The van der Waals surface area contributed by atoms with E-state index >= 15 is 0 Å². The van der Waals surface area contributed by atoms with Crippen molar-refractivity contribution >= 4 is 17.7 Å². The summed E-state index contributed by atoms with van der Waals surface area (Å²) in [5, 5.41) is 0. The molecular weight excluding hydrogens is 228 g/mol. The van der Waals surface area contributed by atoms with Crippen LogP contribution in [0.25, 0.3) is 6.08 Å². The minimum absolute atomic E-state index is 0.00799. The fraction of sp³-hybridized carbons (Fsp3) is 0.357. The Kier molecular flexibility index (Phi) is 5.94. The van der Waals surface area contributed by atoms with Gasteiger partial charge >= 0.3 is 0 Å². The zero-order valence-electron chi connectivity index (χ0n) is 10.9. The molecule has 0 aliphatic carbocycles. The number of nitrogens with zero attached hydrogens (tertiary/aromatic N) is 1. The molecule has 2 N–H and O–H groups in total. The number of hydrogen-bond donors (Lipinski definition) is 1. The third-order valence-corrected chi connectivity index (χ3v) is 2.61. The standard InChI is InChI=1S/C14H20N2O2/c1-3-16(10-11-18-2)14(17)9-6-12-4-7-13(15)8-5-12/h4-9H,3,10-11,15H2,1-2H3/b9-6+. The van der Waals surface area contributed by atoms with Crippen LogP contribution in [0.4, 0.5) is 5.69 Å². The highest BCUT2D eigenvalue weighted by atomic mass is 16.5. The van der Waals surface area contributed by atoms with Crippen molar-refractivity contribution in [1.82, 2.24) is 4.90 Å². The van der Waals surface area contributed by atoms with Crippen molar-refractivity contribution in [2.75, 3.05) is 32.5 Å². The first-order valence-electron chi connectivity index (χ1n) is 5.98. The molecule has 1 aromatic rings. The lowest BCUT2D eigenvalue weighted by Crippen LogP contribution is -2.32. The lowest BCUT2D eigenvalue weighted by molar-refractivity contribution is -0.126. The zero-order valence-corrected chi connectivity index (χ0v) is 10.9. The molecule has 0 saturated carbocycles. The number of nitrogen functional groups attached to an aromatic ring is 1. The van der Waals surface area contributed by atoms with Gasteiger partial charge in [0.2, 0.25) is 5.91 Å². The first-order valence-corrected chi connectivity index (χ1v) is 5.98. The molecule has 0 spiro atoms. The second-order valence-corrected chi connectivity index (χ2v) is 3.91. The summed E-state index contributed by atoms with van der Waals surface area (Å²) in [6, 6.07) is 7.38. The van der Waals surface area contributed by atoms with Gasteiger partial charge in [-0.3, -0.25) is 4.79 Å². The average Bonchev–Trinajstić information content (AvgIpc) is 2.39. The van der Waals surface area contributed by atoms with Crippen molar-refractivity contribution in [3.8, 4) is 0 Å². The Labute approximate surface area is 108 Å². The third kappa shape index (κ3) is 4.59. The number of methoxy groups -OCH3 is 1. The number of carbonyl (C=O) groups excluding carboxylic acids is 1. The quantitative estimate of drug-likeness (QED) is 0.616. The monoisotopic (exact) mass is 248 g/mol. The number of hydrogen-bond acceptors (Lipinski definition) is 3. The normalized spacial score (nSPS) is 10.8. The minimum atomic E-state index is -0.00799. The van der Waals surface area contributed by atoms with Crippen LogP contribution in [0.15, 0.2) is 30.3 Å². The zero-order chi connectivity index (χ0) is 13.4. The molecule has 98 valence electrons. The summed E-state index contributed by atoms with van der Waals surface area (Å²) < 4.78 is 4.97. The van der Waals surface area contributed by atoms with Crippen LogP contribution >= 0.6 is 0 Å². The Hall–Kier alpha value is -1.81. The molecule has 0 bridgehead atoms. The van der Waals surface area contributed by atoms with Crippen LogP contribution < -0.4 is 5.73 Å². The molecule has 0 aromatic heterocycles. The van der Waals surface area contributed by atoms with E-state index in [4.69, 9.17) is 10.5 Å². The van der Waals surface area contributed by atoms with E-state index in [0.29, 0.717) is 25.4 Å². The maximum atomic E-state index is 11.9. The number of carbonyl (C=O) groups is 1. The smallest absolute Gasteiger partial charge is 0.246 e. The van der Waals surface area contributed by atoms with Gasteiger partial charge in [-0.25, -0.2) is 0 Å². The molecule has 0 aliphatic rings. The Morgan fingerprint density at radius 2 is 2.06 bits per heavy atom. The Bertz CT molecular complexity index is 399. The molecule has 0 saturated heterocycles. The van der Waals surface area contributed by atoms with E-state index in [1.165, 1.54) is 0 Å². The van der Waals surface area contributed by atoms with Crippen LogP contribution in [0.1, 0.15) is 12.5 Å². The molecule has 1 amide bonds. The molecule has 0 radical (unpaired) electrons. The molecule has 1 rings (SSSR count). The molecule has 0 aliphatic heterocycles. The number of likely N-dealkylation sites (N-methyl/N-ethyl adjacent to an activating group) is 1. The van der Waals surface area contributed by atoms with Crippen molar-refractivity contribution in [3.05, 3.63) is 35.9 Å². The summed E-state index contributed by atoms with van der Waals surface area (Å²) in [7, 11) is 1.63. The molecule has 1 aromatic carbocycles. The number of ether oxygens (including phenoxy) is 1. The van der Waals surface area contributed by atoms with Gasteiger partial charge in [0.05, 0.1) is 6.61 Å². The van der Waals surface area contributed by atoms with Gasteiger partial charge in [0.15, 0.2) is 0 Å². The molecule has 0 unspecified atom stereocenters.